The number of methoxy groups -OCH3 is 1. The van der Waals surface area contributed by atoms with Crippen LogP contribution in [0.1, 0.15) is 30.1 Å². The first-order valence-electron chi connectivity index (χ1n) is 7.40. The number of ether oxygens (including phenoxy) is 2. The number of rotatable bonds is 6. The summed E-state index contributed by atoms with van der Waals surface area (Å²) in [5.74, 6) is 1.64. The Labute approximate surface area is 125 Å². The van der Waals surface area contributed by atoms with E-state index in [0.717, 1.165) is 25.9 Å². The topological polar surface area (TPSA) is 59.0 Å². The van der Waals surface area contributed by atoms with Gasteiger partial charge in [0, 0.05) is 25.3 Å². The third-order valence-corrected chi connectivity index (χ3v) is 3.82. The zero-order valence-electron chi connectivity index (χ0n) is 12.7. The van der Waals surface area contributed by atoms with Gasteiger partial charge in [-0.3, -0.25) is 4.79 Å². The number of hydrogen-bond acceptors (Lipinski definition) is 4. The minimum Gasteiger partial charge on any atom is -0.493 e. The number of carbonyl (C=O) groups is 1. The van der Waals surface area contributed by atoms with Gasteiger partial charge in [-0.15, -0.1) is 0 Å². The quantitative estimate of drug-likeness (QED) is 0.871. The van der Waals surface area contributed by atoms with E-state index < -0.39 is 0 Å². The van der Waals surface area contributed by atoms with Gasteiger partial charge in [-0.1, -0.05) is 0 Å². The molecule has 1 amide bonds. The van der Waals surface area contributed by atoms with Gasteiger partial charge in [0.15, 0.2) is 11.5 Å². The maximum absolute atomic E-state index is 12.5. The third kappa shape index (κ3) is 3.67. The van der Waals surface area contributed by atoms with Gasteiger partial charge >= 0.3 is 0 Å². The van der Waals surface area contributed by atoms with Crippen LogP contribution in [0.4, 0.5) is 0 Å². The van der Waals surface area contributed by atoms with Crippen LogP contribution in [0.5, 0.6) is 11.5 Å². The van der Waals surface area contributed by atoms with E-state index in [1.54, 1.807) is 25.3 Å². The molecule has 5 heteroatoms. The minimum atomic E-state index is 0.0109. The maximum Gasteiger partial charge on any atom is 0.254 e. The average Bonchev–Trinajstić information content (AvgIpc) is 2.96. The second kappa shape index (κ2) is 7.31. The molecule has 1 aromatic rings. The Bertz CT molecular complexity index is 489. The van der Waals surface area contributed by atoms with Crippen LogP contribution in [-0.2, 0) is 0 Å². The Morgan fingerprint density at radius 3 is 2.90 bits per heavy atom. The van der Waals surface area contributed by atoms with Crippen molar-refractivity contribution < 1.29 is 19.4 Å². The third-order valence-electron chi connectivity index (χ3n) is 3.82. The molecule has 0 aliphatic carbocycles. The van der Waals surface area contributed by atoms with E-state index in [-0.39, 0.29) is 12.5 Å². The summed E-state index contributed by atoms with van der Waals surface area (Å²) in [4.78, 5) is 14.3. The van der Waals surface area contributed by atoms with Gasteiger partial charge in [0.25, 0.3) is 5.91 Å². The van der Waals surface area contributed by atoms with Crippen molar-refractivity contribution in [2.75, 3.05) is 33.4 Å². The molecule has 0 spiro atoms. The molecule has 1 fully saturated rings. The molecule has 2 rings (SSSR count). The number of hydrogen-bond donors (Lipinski definition) is 1. The Kier molecular flexibility index (Phi) is 5.44. The molecule has 1 aliphatic rings. The molecule has 1 aromatic carbocycles. The monoisotopic (exact) mass is 293 g/mol. The van der Waals surface area contributed by atoms with Crippen molar-refractivity contribution in [3.8, 4) is 11.5 Å². The van der Waals surface area contributed by atoms with Gasteiger partial charge in [-0.05, 0) is 43.9 Å². The molecule has 0 saturated carbocycles. The number of aliphatic hydroxyl groups is 1. The van der Waals surface area contributed by atoms with Crippen LogP contribution in [0.3, 0.4) is 0 Å². The van der Waals surface area contributed by atoms with E-state index in [1.807, 2.05) is 11.8 Å². The summed E-state index contributed by atoms with van der Waals surface area (Å²) in [5, 5.41) is 8.98. The highest BCUT2D eigenvalue weighted by molar-refractivity contribution is 5.95. The summed E-state index contributed by atoms with van der Waals surface area (Å²) >= 11 is 0. The molecule has 0 bridgehead atoms. The summed E-state index contributed by atoms with van der Waals surface area (Å²) in [6, 6.07) is 5.28. The molecular weight excluding hydrogens is 270 g/mol. The van der Waals surface area contributed by atoms with E-state index >= 15 is 0 Å². The Hall–Kier alpha value is -1.75. The van der Waals surface area contributed by atoms with Crippen LogP contribution in [0.25, 0.3) is 0 Å². The fraction of sp³-hybridized carbons (Fsp3) is 0.562. The predicted octanol–water partition coefficient (Wildman–Crippen LogP) is 1.94. The standard InChI is InChI=1S/C16H23NO4/c1-3-21-14-5-4-13(10-15(14)20-2)16(19)17-8-6-12(11-17)7-9-18/h4-5,10,12,18H,3,6-9,11H2,1-2H3. The van der Waals surface area contributed by atoms with Crippen LogP contribution in [0.15, 0.2) is 18.2 Å². The lowest BCUT2D eigenvalue weighted by molar-refractivity contribution is 0.0784. The van der Waals surface area contributed by atoms with Crippen LogP contribution in [0.2, 0.25) is 0 Å². The fourth-order valence-electron chi connectivity index (χ4n) is 2.69. The second-order valence-electron chi connectivity index (χ2n) is 5.22. The van der Waals surface area contributed by atoms with Crippen molar-refractivity contribution in [2.24, 2.45) is 5.92 Å². The molecule has 21 heavy (non-hydrogen) atoms. The highest BCUT2D eigenvalue weighted by Crippen LogP contribution is 2.29. The van der Waals surface area contributed by atoms with Crippen LogP contribution in [0, 0.1) is 5.92 Å². The van der Waals surface area contributed by atoms with Gasteiger partial charge in [0.1, 0.15) is 0 Å². The highest BCUT2D eigenvalue weighted by atomic mass is 16.5. The second-order valence-corrected chi connectivity index (χ2v) is 5.22. The zero-order chi connectivity index (χ0) is 15.2. The molecule has 1 heterocycles. The normalized spacial score (nSPS) is 17.9. The van der Waals surface area contributed by atoms with E-state index in [0.29, 0.717) is 29.6 Å². The SMILES string of the molecule is CCOc1ccc(C(=O)N2CCC(CCO)C2)cc1OC. The number of aliphatic hydroxyl groups excluding tert-OH is 1. The Morgan fingerprint density at radius 1 is 1.43 bits per heavy atom. The number of amides is 1. The van der Waals surface area contributed by atoms with E-state index in [9.17, 15) is 4.79 Å². The predicted molar refractivity (Wildman–Crippen MR) is 79.9 cm³/mol. The van der Waals surface area contributed by atoms with Gasteiger partial charge in [0.2, 0.25) is 0 Å². The van der Waals surface area contributed by atoms with Crippen molar-refractivity contribution in [1.82, 2.24) is 4.90 Å². The summed E-state index contributed by atoms with van der Waals surface area (Å²) < 4.78 is 10.7. The average molecular weight is 293 g/mol. The maximum atomic E-state index is 12.5. The lowest BCUT2D eigenvalue weighted by atomic mass is 10.1. The van der Waals surface area contributed by atoms with Crippen LogP contribution < -0.4 is 9.47 Å². The van der Waals surface area contributed by atoms with Gasteiger partial charge < -0.3 is 19.5 Å². The van der Waals surface area contributed by atoms with E-state index in [1.165, 1.54) is 0 Å². The number of likely N-dealkylation sites (tertiary alicyclic amines) is 1. The summed E-state index contributed by atoms with van der Waals surface area (Å²) in [6.45, 7) is 4.11. The highest BCUT2D eigenvalue weighted by Gasteiger charge is 2.27. The largest absolute Gasteiger partial charge is 0.493 e. The molecular formula is C16H23NO4. The van der Waals surface area contributed by atoms with Gasteiger partial charge in [0.05, 0.1) is 13.7 Å². The first-order valence-corrected chi connectivity index (χ1v) is 7.40. The molecule has 1 atom stereocenters. The summed E-state index contributed by atoms with van der Waals surface area (Å²) in [5.41, 5.74) is 0.611. The number of nitrogens with zero attached hydrogens (tertiary/aromatic N) is 1. The van der Waals surface area contributed by atoms with Crippen molar-refractivity contribution >= 4 is 5.91 Å². The fourth-order valence-corrected chi connectivity index (χ4v) is 2.69. The van der Waals surface area contributed by atoms with Crippen molar-refractivity contribution in [2.45, 2.75) is 19.8 Å². The molecule has 0 radical (unpaired) electrons. The number of carbonyl (C=O) groups excluding carboxylic acids is 1. The molecule has 1 aliphatic heterocycles. The lowest BCUT2D eigenvalue weighted by Gasteiger charge is -2.17. The Morgan fingerprint density at radius 2 is 2.24 bits per heavy atom. The number of benzene rings is 1. The molecule has 0 aromatic heterocycles. The Balaban J connectivity index is 2.09. The van der Waals surface area contributed by atoms with Crippen LogP contribution in [-0.4, -0.2) is 49.3 Å². The molecule has 116 valence electrons. The summed E-state index contributed by atoms with van der Waals surface area (Å²) in [7, 11) is 1.57. The van der Waals surface area contributed by atoms with Crippen LogP contribution >= 0.6 is 0 Å². The van der Waals surface area contributed by atoms with E-state index in [2.05, 4.69) is 0 Å². The molecule has 1 unspecified atom stereocenters. The van der Waals surface area contributed by atoms with Crippen molar-refractivity contribution in [3.63, 3.8) is 0 Å². The van der Waals surface area contributed by atoms with Crippen molar-refractivity contribution in [1.29, 1.82) is 0 Å². The van der Waals surface area contributed by atoms with Crippen molar-refractivity contribution in [3.05, 3.63) is 23.8 Å². The molecule has 1 saturated heterocycles. The molecule has 1 N–H and O–H groups in total. The molecule has 5 nitrogen and oxygen atoms in total. The summed E-state index contributed by atoms with van der Waals surface area (Å²) in [6.07, 6.45) is 1.72. The lowest BCUT2D eigenvalue weighted by Crippen LogP contribution is -2.28. The first kappa shape index (κ1) is 15.6. The van der Waals surface area contributed by atoms with E-state index in [4.69, 9.17) is 14.6 Å². The first-order chi connectivity index (χ1) is 10.2. The smallest absolute Gasteiger partial charge is 0.254 e. The van der Waals surface area contributed by atoms with Gasteiger partial charge in [-0.25, -0.2) is 0 Å². The zero-order valence-corrected chi connectivity index (χ0v) is 12.7. The van der Waals surface area contributed by atoms with Gasteiger partial charge in [-0.2, -0.15) is 0 Å². The minimum absolute atomic E-state index is 0.0109.